The van der Waals surface area contributed by atoms with E-state index in [-0.39, 0.29) is 0 Å². The summed E-state index contributed by atoms with van der Waals surface area (Å²) in [6.45, 7) is 4.40. The Hall–Kier alpha value is -1.60. The van der Waals surface area contributed by atoms with Gasteiger partial charge in [0.2, 0.25) is 0 Å². The summed E-state index contributed by atoms with van der Waals surface area (Å²) in [5.74, 6) is 0. The number of benzene rings is 2. The smallest absolute Gasteiger partial charge is 0.0328 e. The summed E-state index contributed by atoms with van der Waals surface area (Å²) in [6, 6.07) is 18.6. The van der Waals surface area contributed by atoms with Gasteiger partial charge in [0.15, 0.2) is 0 Å². The van der Waals surface area contributed by atoms with E-state index < -0.39 is 0 Å². The predicted octanol–water partition coefficient (Wildman–Crippen LogP) is 4.72. The summed E-state index contributed by atoms with van der Waals surface area (Å²) >= 11 is 0. The first kappa shape index (κ1) is 13.4. The third-order valence-corrected chi connectivity index (χ3v) is 4.40. The van der Waals surface area contributed by atoms with Gasteiger partial charge in [-0.15, -0.1) is 0 Å². The normalized spacial score (nSPS) is 19.4. The summed E-state index contributed by atoms with van der Waals surface area (Å²) in [4.78, 5) is 0. The van der Waals surface area contributed by atoms with Crippen molar-refractivity contribution in [1.29, 1.82) is 0 Å². The second kappa shape index (κ2) is 5.80. The van der Waals surface area contributed by atoms with Crippen molar-refractivity contribution in [2.75, 3.05) is 0 Å². The lowest BCUT2D eigenvalue weighted by Crippen LogP contribution is -2.27. The lowest BCUT2D eigenvalue weighted by Gasteiger charge is -2.29. The number of hydrogen-bond donors (Lipinski definition) is 1. The SMILES string of the molecule is Cc1ccc(C(C)NC2CCCc3ccccc32)cc1. The van der Waals surface area contributed by atoms with Crippen molar-refractivity contribution in [2.45, 2.75) is 45.2 Å². The second-order valence-corrected chi connectivity index (χ2v) is 5.94. The summed E-state index contributed by atoms with van der Waals surface area (Å²) in [6.07, 6.45) is 3.76. The van der Waals surface area contributed by atoms with Crippen LogP contribution in [0.1, 0.15) is 54.1 Å². The summed E-state index contributed by atoms with van der Waals surface area (Å²) in [5, 5.41) is 3.81. The fourth-order valence-electron chi connectivity index (χ4n) is 3.18. The average Bonchev–Trinajstić information content (AvgIpc) is 2.48. The predicted molar refractivity (Wildman–Crippen MR) is 84.9 cm³/mol. The van der Waals surface area contributed by atoms with Crippen molar-refractivity contribution in [3.8, 4) is 0 Å². The standard InChI is InChI=1S/C19H23N/c1-14-10-12-16(13-11-14)15(2)20-19-9-5-7-17-6-3-4-8-18(17)19/h3-4,6,8,10-13,15,19-20H,5,7,9H2,1-2H3. The van der Waals surface area contributed by atoms with Gasteiger partial charge in [-0.2, -0.15) is 0 Å². The first-order chi connectivity index (χ1) is 9.74. The number of rotatable bonds is 3. The Morgan fingerprint density at radius 3 is 2.60 bits per heavy atom. The minimum atomic E-state index is 0.395. The molecule has 104 valence electrons. The van der Waals surface area contributed by atoms with E-state index in [1.165, 1.54) is 41.5 Å². The van der Waals surface area contributed by atoms with Crippen LogP contribution in [0.3, 0.4) is 0 Å². The maximum absolute atomic E-state index is 3.81. The maximum atomic E-state index is 3.81. The molecule has 0 amide bonds. The molecule has 0 saturated carbocycles. The molecule has 0 bridgehead atoms. The van der Waals surface area contributed by atoms with Crippen molar-refractivity contribution in [2.24, 2.45) is 0 Å². The van der Waals surface area contributed by atoms with E-state index in [1.54, 1.807) is 0 Å². The molecular formula is C19H23N. The molecule has 0 aromatic heterocycles. The van der Waals surface area contributed by atoms with Crippen LogP contribution in [0, 0.1) is 6.92 Å². The van der Waals surface area contributed by atoms with Gasteiger partial charge in [0.05, 0.1) is 0 Å². The van der Waals surface area contributed by atoms with Crippen LogP contribution in [0.2, 0.25) is 0 Å². The molecule has 0 spiro atoms. The van der Waals surface area contributed by atoms with Crippen molar-refractivity contribution in [3.63, 3.8) is 0 Å². The average molecular weight is 265 g/mol. The Morgan fingerprint density at radius 1 is 1.05 bits per heavy atom. The Bertz CT molecular complexity index is 571. The molecule has 0 aliphatic heterocycles. The van der Waals surface area contributed by atoms with Gasteiger partial charge in [0.1, 0.15) is 0 Å². The Labute approximate surface area is 122 Å². The first-order valence-electron chi connectivity index (χ1n) is 7.64. The van der Waals surface area contributed by atoms with E-state index in [9.17, 15) is 0 Å². The summed E-state index contributed by atoms with van der Waals surface area (Å²) in [5.41, 5.74) is 5.72. The van der Waals surface area contributed by atoms with Gasteiger partial charge in [-0.05, 0) is 49.8 Å². The molecule has 0 saturated heterocycles. The van der Waals surface area contributed by atoms with E-state index in [4.69, 9.17) is 0 Å². The molecular weight excluding hydrogens is 242 g/mol. The molecule has 0 radical (unpaired) electrons. The third kappa shape index (κ3) is 2.78. The Balaban J connectivity index is 1.77. The maximum Gasteiger partial charge on any atom is 0.0328 e. The highest BCUT2D eigenvalue weighted by atomic mass is 14.9. The van der Waals surface area contributed by atoms with Crippen molar-refractivity contribution in [3.05, 3.63) is 70.8 Å². The Morgan fingerprint density at radius 2 is 1.80 bits per heavy atom. The van der Waals surface area contributed by atoms with Gasteiger partial charge in [0.25, 0.3) is 0 Å². The van der Waals surface area contributed by atoms with Crippen LogP contribution in [0.5, 0.6) is 0 Å². The number of nitrogens with one attached hydrogen (secondary N) is 1. The van der Waals surface area contributed by atoms with Crippen molar-refractivity contribution in [1.82, 2.24) is 5.32 Å². The van der Waals surface area contributed by atoms with Gasteiger partial charge >= 0.3 is 0 Å². The molecule has 3 rings (SSSR count). The molecule has 1 nitrogen and oxygen atoms in total. The first-order valence-corrected chi connectivity index (χ1v) is 7.64. The van der Waals surface area contributed by atoms with Gasteiger partial charge in [-0.3, -0.25) is 0 Å². The van der Waals surface area contributed by atoms with Crippen LogP contribution >= 0.6 is 0 Å². The monoisotopic (exact) mass is 265 g/mol. The summed E-state index contributed by atoms with van der Waals surface area (Å²) in [7, 11) is 0. The van der Waals surface area contributed by atoms with Crippen LogP contribution in [0.15, 0.2) is 48.5 Å². The topological polar surface area (TPSA) is 12.0 Å². The molecule has 2 atom stereocenters. The molecule has 20 heavy (non-hydrogen) atoms. The zero-order valence-electron chi connectivity index (χ0n) is 12.4. The van der Waals surface area contributed by atoms with E-state index >= 15 is 0 Å². The highest BCUT2D eigenvalue weighted by Crippen LogP contribution is 2.31. The summed E-state index contributed by atoms with van der Waals surface area (Å²) < 4.78 is 0. The molecule has 0 heterocycles. The molecule has 1 aliphatic carbocycles. The van der Waals surface area contributed by atoms with Crippen LogP contribution in [0.4, 0.5) is 0 Å². The molecule has 2 unspecified atom stereocenters. The highest BCUT2D eigenvalue weighted by molar-refractivity contribution is 5.33. The molecule has 1 N–H and O–H groups in total. The minimum Gasteiger partial charge on any atom is -0.303 e. The number of hydrogen-bond acceptors (Lipinski definition) is 1. The molecule has 1 aliphatic rings. The van der Waals surface area contributed by atoms with Gasteiger partial charge in [-0.25, -0.2) is 0 Å². The molecule has 1 heteroatoms. The highest BCUT2D eigenvalue weighted by Gasteiger charge is 2.21. The third-order valence-electron chi connectivity index (χ3n) is 4.40. The van der Waals surface area contributed by atoms with Gasteiger partial charge < -0.3 is 5.32 Å². The minimum absolute atomic E-state index is 0.395. The zero-order chi connectivity index (χ0) is 13.9. The lowest BCUT2D eigenvalue weighted by atomic mass is 9.87. The molecule has 0 fully saturated rings. The largest absolute Gasteiger partial charge is 0.303 e. The Kier molecular flexibility index (Phi) is 3.88. The van der Waals surface area contributed by atoms with Gasteiger partial charge in [0, 0.05) is 12.1 Å². The lowest BCUT2D eigenvalue weighted by molar-refractivity contribution is 0.415. The van der Waals surface area contributed by atoms with Crippen molar-refractivity contribution >= 4 is 0 Å². The van der Waals surface area contributed by atoms with Crippen LogP contribution < -0.4 is 5.32 Å². The van der Waals surface area contributed by atoms with Crippen molar-refractivity contribution < 1.29 is 0 Å². The van der Waals surface area contributed by atoms with Gasteiger partial charge in [-0.1, -0.05) is 54.1 Å². The molecule has 2 aromatic carbocycles. The number of fused-ring (bicyclic) bond motifs is 1. The quantitative estimate of drug-likeness (QED) is 0.846. The van der Waals surface area contributed by atoms with E-state index in [0.29, 0.717) is 12.1 Å². The van der Waals surface area contributed by atoms with Crippen LogP contribution in [0.25, 0.3) is 0 Å². The van der Waals surface area contributed by atoms with Crippen LogP contribution in [-0.4, -0.2) is 0 Å². The number of aryl methyl sites for hydroxylation is 2. The zero-order valence-corrected chi connectivity index (χ0v) is 12.4. The van der Waals surface area contributed by atoms with Crippen LogP contribution in [-0.2, 0) is 6.42 Å². The van der Waals surface area contributed by atoms with E-state index in [1.807, 2.05) is 0 Å². The second-order valence-electron chi connectivity index (χ2n) is 5.94. The molecule has 2 aromatic rings. The van der Waals surface area contributed by atoms with E-state index in [2.05, 4.69) is 67.7 Å². The fraction of sp³-hybridized carbons (Fsp3) is 0.368. The van der Waals surface area contributed by atoms with E-state index in [0.717, 1.165) is 0 Å². The fourth-order valence-corrected chi connectivity index (χ4v) is 3.18.